The summed E-state index contributed by atoms with van der Waals surface area (Å²) >= 11 is 0. The minimum Gasteiger partial charge on any atom is -0.434 e. The average molecular weight is 267 g/mol. The highest BCUT2D eigenvalue weighted by molar-refractivity contribution is 5.76. The number of para-hydroxylation sites is 1. The van der Waals surface area contributed by atoms with E-state index in [1.165, 1.54) is 6.07 Å². The van der Waals surface area contributed by atoms with Gasteiger partial charge in [-0.1, -0.05) is 19.1 Å². The van der Waals surface area contributed by atoms with Crippen LogP contribution >= 0.6 is 0 Å². The number of rotatable bonds is 4. The molecule has 4 nitrogen and oxygen atoms in total. The lowest BCUT2D eigenvalue weighted by Gasteiger charge is -2.09. The molecule has 2 rings (SSSR count). The highest BCUT2D eigenvalue weighted by atomic mass is 19.3. The number of nitrogen functional groups attached to an aromatic ring is 1. The summed E-state index contributed by atoms with van der Waals surface area (Å²) in [5, 5.41) is 0. The summed E-state index contributed by atoms with van der Waals surface area (Å²) in [6.45, 7) is -0.927. The SMILES string of the molecule is CCc1nc(-c2ccccc2OC(F)F)c(N)n1C. The molecule has 0 bridgehead atoms. The minimum absolute atomic E-state index is 0.0740. The second-order valence-electron chi connectivity index (χ2n) is 4.05. The number of nitrogens with two attached hydrogens (primary N) is 1. The summed E-state index contributed by atoms with van der Waals surface area (Å²) < 4.78 is 31.0. The molecule has 1 heterocycles. The molecule has 1 aromatic heterocycles. The maximum atomic E-state index is 12.4. The summed E-state index contributed by atoms with van der Waals surface area (Å²) in [5.41, 5.74) is 6.90. The van der Waals surface area contributed by atoms with E-state index in [1.807, 2.05) is 6.92 Å². The van der Waals surface area contributed by atoms with Crippen LogP contribution in [0.3, 0.4) is 0 Å². The Labute approximate surface area is 109 Å². The predicted molar refractivity (Wildman–Crippen MR) is 69.1 cm³/mol. The third-order valence-corrected chi connectivity index (χ3v) is 2.91. The highest BCUT2D eigenvalue weighted by Gasteiger charge is 2.17. The van der Waals surface area contributed by atoms with Crippen molar-refractivity contribution in [1.29, 1.82) is 0 Å². The standard InChI is InChI=1S/C13H15F2N3O/c1-3-10-17-11(12(16)18(10)2)8-6-4-5-7-9(8)19-13(14)15/h4-7,13H,3,16H2,1-2H3. The number of halogens is 2. The lowest BCUT2D eigenvalue weighted by atomic mass is 10.1. The molecule has 0 unspecified atom stereocenters. The van der Waals surface area contributed by atoms with E-state index in [1.54, 1.807) is 29.8 Å². The number of ether oxygens (including phenoxy) is 1. The van der Waals surface area contributed by atoms with Crippen LogP contribution in [-0.4, -0.2) is 16.2 Å². The van der Waals surface area contributed by atoms with Crippen LogP contribution in [0.2, 0.25) is 0 Å². The summed E-state index contributed by atoms with van der Waals surface area (Å²) in [4.78, 5) is 4.38. The van der Waals surface area contributed by atoms with E-state index in [0.29, 0.717) is 23.5 Å². The Hall–Kier alpha value is -2.11. The first-order valence-corrected chi connectivity index (χ1v) is 5.89. The van der Waals surface area contributed by atoms with Crippen molar-refractivity contribution in [2.24, 2.45) is 7.05 Å². The van der Waals surface area contributed by atoms with Crippen molar-refractivity contribution in [1.82, 2.24) is 9.55 Å². The maximum absolute atomic E-state index is 12.4. The number of hydrogen-bond acceptors (Lipinski definition) is 3. The molecule has 0 aliphatic heterocycles. The Bertz CT molecular complexity index is 581. The predicted octanol–water partition coefficient (Wildman–Crippen LogP) is 2.83. The summed E-state index contributed by atoms with van der Waals surface area (Å²) in [5.74, 6) is 1.30. The molecule has 0 aliphatic rings. The van der Waals surface area contributed by atoms with Crippen molar-refractivity contribution < 1.29 is 13.5 Å². The molecule has 0 saturated carbocycles. The monoisotopic (exact) mass is 267 g/mol. The van der Waals surface area contributed by atoms with Crippen LogP contribution in [0.5, 0.6) is 5.75 Å². The molecule has 0 aliphatic carbocycles. The maximum Gasteiger partial charge on any atom is 0.387 e. The van der Waals surface area contributed by atoms with Gasteiger partial charge in [-0.25, -0.2) is 4.98 Å². The molecule has 0 fully saturated rings. The number of benzene rings is 1. The topological polar surface area (TPSA) is 53.1 Å². The van der Waals surface area contributed by atoms with Crippen LogP contribution < -0.4 is 10.5 Å². The quantitative estimate of drug-likeness (QED) is 0.926. The van der Waals surface area contributed by atoms with Gasteiger partial charge in [0, 0.05) is 19.0 Å². The van der Waals surface area contributed by atoms with Crippen LogP contribution in [0.1, 0.15) is 12.7 Å². The lowest BCUT2D eigenvalue weighted by molar-refractivity contribution is -0.0494. The van der Waals surface area contributed by atoms with Gasteiger partial charge in [-0.2, -0.15) is 8.78 Å². The van der Waals surface area contributed by atoms with Crippen molar-refractivity contribution >= 4 is 5.82 Å². The molecule has 2 aromatic rings. The molecule has 6 heteroatoms. The minimum atomic E-state index is -2.88. The van der Waals surface area contributed by atoms with Gasteiger partial charge in [0.2, 0.25) is 0 Å². The van der Waals surface area contributed by atoms with Crippen molar-refractivity contribution in [3.8, 4) is 17.0 Å². The van der Waals surface area contributed by atoms with E-state index in [9.17, 15) is 8.78 Å². The van der Waals surface area contributed by atoms with E-state index < -0.39 is 6.61 Å². The van der Waals surface area contributed by atoms with Crippen LogP contribution in [-0.2, 0) is 13.5 Å². The summed E-state index contributed by atoms with van der Waals surface area (Å²) in [6.07, 6.45) is 0.707. The molecule has 1 aromatic carbocycles. The number of nitrogens with zero attached hydrogens (tertiary/aromatic N) is 2. The van der Waals surface area contributed by atoms with Crippen molar-refractivity contribution in [2.75, 3.05) is 5.73 Å². The molecule has 0 saturated heterocycles. The van der Waals surface area contributed by atoms with Crippen LogP contribution in [0.4, 0.5) is 14.6 Å². The third kappa shape index (κ3) is 2.52. The second-order valence-corrected chi connectivity index (χ2v) is 4.05. The fourth-order valence-electron chi connectivity index (χ4n) is 1.93. The molecule has 2 N–H and O–H groups in total. The molecule has 0 atom stereocenters. The number of imidazole rings is 1. The van der Waals surface area contributed by atoms with Gasteiger partial charge in [0.1, 0.15) is 23.1 Å². The van der Waals surface area contributed by atoms with Gasteiger partial charge in [0.15, 0.2) is 0 Å². The Balaban J connectivity index is 2.53. The van der Waals surface area contributed by atoms with Crippen molar-refractivity contribution in [3.63, 3.8) is 0 Å². The number of alkyl halides is 2. The Morgan fingerprint density at radius 2 is 2.05 bits per heavy atom. The zero-order valence-corrected chi connectivity index (χ0v) is 10.7. The summed E-state index contributed by atoms with van der Waals surface area (Å²) in [6, 6.07) is 6.49. The number of aryl methyl sites for hydroxylation is 1. The number of anilines is 1. The molecule has 0 radical (unpaired) electrons. The van der Waals surface area contributed by atoms with Crippen molar-refractivity contribution in [3.05, 3.63) is 30.1 Å². The van der Waals surface area contributed by atoms with Gasteiger partial charge in [-0.05, 0) is 12.1 Å². The van der Waals surface area contributed by atoms with Gasteiger partial charge >= 0.3 is 6.61 Å². The smallest absolute Gasteiger partial charge is 0.387 e. The normalized spacial score (nSPS) is 11.0. The highest BCUT2D eigenvalue weighted by Crippen LogP contribution is 2.34. The molecule has 0 spiro atoms. The first-order chi connectivity index (χ1) is 9.04. The van der Waals surface area contributed by atoms with Crippen LogP contribution in [0.25, 0.3) is 11.3 Å². The summed E-state index contributed by atoms with van der Waals surface area (Å²) in [7, 11) is 1.79. The van der Waals surface area contributed by atoms with E-state index in [0.717, 1.165) is 5.82 Å². The average Bonchev–Trinajstić information content (AvgIpc) is 2.66. The largest absolute Gasteiger partial charge is 0.434 e. The first kappa shape index (κ1) is 13.3. The first-order valence-electron chi connectivity index (χ1n) is 5.89. The van der Waals surface area contributed by atoms with Crippen molar-refractivity contribution in [2.45, 2.75) is 20.0 Å². The van der Waals surface area contributed by atoms with Gasteiger partial charge in [0.25, 0.3) is 0 Å². The van der Waals surface area contributed by atoms with Gasteiger partial charge < -0.3 is 15.0 Å². The molecule has 102 valence electrons. The van der Waals surface area contributed by atoms with Gasteiger partial charge in [-0.15, -0.1) is 0 Å². The van der Waals surface area contributed by atoms with Gasteiger partial charge in [-0.3, -0.25) is 0 Å². The van der Waals surface area contributed by atoms with E-state index in [-0.39, 0.29) is 5.75 Å². The molecule has 0 amide bonds. The fraction of sp³-hybridized carbons (Fsp3) is 0.308. The fourth-order valence-corrected chi connectivity index (χ4v) is 1.93. The lowest BCUT2D eigenvalue weighted by Crippen LogP contribution is -2.04. The number of aromatic nitrogens is 2. The Morgan fingerprint density at radius 1 is 1.37 bits per heavy atom. The zero-order valence-electron chi connectivity index (χ0n) is 10.7. The Kier molecular flexibility index (Phi) is 3.69. The molecular weight excluding hydrogens is 252 g/mol. The molecular formula is C13H15F2N3O. The van der Waals surface area contributed by atoms with Gasteiger partial charge in [0.05, 0.1) is 0 Å². The Morgan fingerprint density at radius 3 is 2.63 bits per heavy atom. The third-order valence-electron chi connectivity index (χ3n) is 2.91. The van der Waals surface area contributed by atoms with E-state index >= 15 is 0 Å². The molecule has 19 heavy (non-hydrogen) atoms. The van der Waals surface area contributed by atoms with E-state index in [4.69, 9.17) is 5.73 Å². The number of hydrogen-bond donors (Lipinski definition) is 1. The second kappa shape index (κ2) is 5.26. The van der Waals surface area contributed by atoms with Crippen LogP contribution in [0, 0.1) is 0 Å². The van der Waals surface area contributed by atoms with Crippen LogP contribution in [0.15, 0.2) is 24.3 Å². The van der Waals surface area contributed by atoms with E-state index in [2.05, 4.69) is 9.72 Å². The zero-order chi connectivity index (χ0) is 14.0.